The summed E-state index contributed by atoms with van der Waals surface area (Å²) >= 11 is 5.03. The van der Waals surface area contributed by atoms with E-state index in [1.54, 1.807) is 25.1 Å². The Morgan fingerprint density at radius 2 is 2.27 bits per heavy atom. The van der Waals surface area contributed by atoms with Crippen molar-refractivity contribution in [3.63, 3.8) is 0 Å². The van der Waals surface area contributed by atoms with Gasteiger partial charge in [0.2, 0.25) is 0 Å². The van der Waals surface area contributed by atoms with Crippen LogP contribution in [0.25, 0.3) is 0 Å². The maximum atomic E-state index is 11.7. The van der Waals surface area contributed by atoms with Crippen molar-refractivity contribution in [1.82, 2.24) is 5.32 Å². The second-order valence-electron chi connectivity index (χ2n) is 3.36. The summed E-state index contributed by atoms with van der Waals surface area (Å²) in [5.41, 5.74) is 0.585. The van der Waals surface area contributed by atoms with Gasteiger partial charge in [0.05, 0.1) is 5.69 Å². The highest BCUT2D eigenvalue weighted by Crippen LogP contribution is 2.23. The summed E-state index contributed by atoms with van der Waals surface area (Å²) in [5, 5.41) is 12.5. The maximum absolute atomic E-state index is 11.7. The first-order chi connectivity index (χ1) is 7.09. The summed E-state index contributed by atoms with van der Waals surface area (Å²) in [4.78, 5) is 13.1. The molecule has 15 heavy (non-hydrogen) atoms. The number of phenols is 1. The zero-order valence-electron chi connectivity index (χ0n) is 8.10. The molecule has 78 valence electrons. The maximum Gasteiger partial charge on any atom is 0.255 e. The molecule has 1 fully saturated rings. The SMILES string of the molecule is C[C@@H]1NC(=S)N(c2cccc(O)c2)C1=O. The van der Waals surface area contributed by atoms with Gasteiger partial charge in [0.25, 0.3) is 5.91 Å². The zero-order valence-corrected chi connectivity index (χ0v) is 8.91. The minimum atomic E-state index is -0.306. The summed E-state index contributed by atoms with van der Waals surface area (Å²) < 4.78 is 0. The quantitative estimate of drug-likeness (QED) is 0.696. The number of amides is 1. The van der Waals surface area contributed by atoms with Gasteiger partial charge in [-0.25, -0.2) is 0 Å². The van der Waals surface area contributed by atoms with Crippen molar-refractivity contribution in [2.45, 2.75) is 13.0 Å². The van der Waals surface area contributed by atoms with E-state index in [1.165, 1.54) is 11.0 Å². The molecule has 1 aliphatic rings. The second kappa shape index (κ2) is 3.51. The van der Waals surface area contributed by atoms with E-state index in [1.807, 2.05) is 0 Å². The number of nitrogens with zero attached hydrogens (tertiary/aromatic N) is 1. The van der Waals surface area contributed by atoms with Crippen molar-refractivity contribution >= 4 is 28.9 Å². The average molecular weight is 222 g/mol. The lowest BCUT2D eigenvalue weighted by Gasteiger charge is -2.14. The van der Waals surface area contributed by atoms with Crippen molar-refractivity contribution < 1.29 is 9.90 Å². The zero-order chi connectivity index (χ0) is 11.0. The third kappa shape index (κ3) is 1.66. The molecule has 0 saturated carbocycles. The van der Waals surface area contributed by atoms with Gasteiger partial charge in [-0.1, -0.05) is 6.07 Å². The van der Waals surface area contributed by atoms with E-state index in [9.17, 15) is 9.90 Å². The van der Waals surface area contributed by atoms with Crippen LogP contribution in [0.3, 0.4) is 0 Å². The molecule has 1 aromatic rings. The number of aromatic hydroxyl groups is 1. The highest BCUT2D eigenvalue weighted by Gasteiger charge is 2.33. The average Bonchev–Trinajstić information content (AvgIpc) is 2.41. The molecule has 0 unspecified atom stereocenters. The Hall–Kier alpha value is -1.62. The summed E-state index contributed by atoms with van der Waals surface area (Å²) in [5.74, 6) is 0.00764. The lowest BCUT2D eigenvalue weighted by atomic mass is 10.2. The van der Waals surface area contributed by atoms with Crippen LogP contribution >= 0.6 is 12.2 Å². The van der Waals surface area contributed by atoms with Crippen molar-refractivity contribution in [3.8, 4) is 5.75 Å². The number of thiocarbonyl (C=S) groups is 1. The van der Waals surface area contributed by atoms with Gasteiger partial charge in [-0.2, -0.15) is 0 Å². The Bertz CT molecular complexity index is 433. The molecular weight excluding hydrogens is 212 g/mol. The van der Waals surface area contributed by atoms with Crippen molar-refractivity contribution in [2.75, 3.05) is 4.90 Å². The first-order valence-corrected chi connectivity index (χ1v) is 4.94. The third-order valence-electron chi connectivity index (χ3n) is 2.22. The molecule has 1 saturated heterocycles. The highest BCUT2D eigenvalue weighted by atomic mass is 32.1. The fraction of sp³-hybridized carbons (Fsp3) is 0.200. The Labute approximate surface area is 92.5 Å². The molecule has 1 atom stereocenters. The minimum Gasteiger partial charge on any atom is -0.508 e. The Kier molecular flexibility index (Phi) is 2.32. The Balaban J connectivity index is 2.39. The predicted octanol–water partition coefficient (Wildman–Crippen LogP) is 1.00. The highest BCUT2D eigenvalue weighted by molar-refractivity contribution is 7.80. The van der Waals surface area contributed by atoms with E-state index in [0.29, 0.717) is 10.8 Å². The van der Waals surface area contributed by atoms with Crippen LogP contribution in [0.4, 0.5) is 5.69 Å². The molecule has 0 spiro atoms. The number of nitrogens with one attached hydrogen (secondary N) is 1. The van der Waals surface area contributed by atoms with Gasteiger partial charge in [0.15, 0.2) is 5.11 Å². The van der Waals surface area contributed by atoms with E-state index in [0.717, 1.165) is 0 Å². The number of carbonyl (C=O) groups is 1. The van der Waals surface area contributed by atoms with Crippen LogP contribution in [-0.4, -0.2) is 22.2 Å². The van der Waals surface area contributed by atoms with Gasteiger partial charge >= 0.3 is 0 Å². The van der Waals surface area contributed by atoms with Crippen LogP contribution in [0, 0.1) is 0 Å². The molecule has 1 amide bonds. The summed E-state index contributed by atoms with van der Waals surface area (Å²) in [6.07, 6.45) is 0. The van der Waals surface area contributed by atoms with Crippen LogP contribution in [0.15, 0.2) is 24.3 Å². The fourth-order valence-electron chi connectivity index (χ4n) is 1.48. The minimum absolute atomic E-state index is 0.106. The van der Waals surface area contributed by atoms with E-state index < -0.39 is 0 Å². The largest absolute Gasteiger partial charge is 0.508 e. The summed E-state index contributed by atoms with van der Waals surface area (Å²) in [6, 6.07) is 6.14. The Morgan fingerprint density at radius 3 is 2.80 bits per heavy atom. The van der Waals surface area contributed by atoms with E-state index in [-0.39, 0.29) is 17.7 Å². The first kappa shape index (κ1) is 9.92. The molecule has 0 radical (unpaired) electrons. The lowest BCUT2D eigenvalue weighted by molar-refractivity contribution is -0.117. The fourth-order valence-corrected chi connectivity index (χ4v) is 1.85. The molecular formula is C10H10N2O2S. The van der Waals surface area contributed by atoms with Gasteiger partial charge in [-0.15, -0.1) is 0 Å². The molecule has 0 aromatic heterocycles. The third-order valence-corrected chi connectivity index (χ3v) is 2.52. The number of carbonyl (C=O) groups excluding carboxylic acids is 1. The number of hydrogen-bond acceptors (Lipinski definition) is 3. The summed E-state index contributed by atoms with van der Waals surface area (Å²) in [7, 11) is 0. The summed E-state index contributed by atoms with van der Waals surface area (Å²) in [6.45, 7) is 1.75. The smallest absolute Gasteiger partial charge is 0.255 e. The molecule has 1 heterocycles. The number of benzene rings is 1. The van der Waals surface area contributed by atoms with E-state index in [2.05, 4.69) is 5.32 Å². The second-order valence-corrected chi connectivity index (χ2v) is 3.75. The van der Waals surface area contributed by atoms with Crippen LogP contribution in [0.2, 0.25) is 0 Å². The van der Waals surface area contributed by atoms with Gasteiger partial charge < -0.3 is 10.4 Å². The molecule has 0 bridgehead atoms. The molecule has 5 heteroatoms. The van der Waals surface area contributed by atoms with Gasteiger partial charge in [-0.05, 0) is 31.3 Å². The molecule has 4 nitrogen and oxygen atoms in total. The number of phenolic OH excluding ortho intramolecular Hbond substituents is 1. The molecule has 2 N–H and O–H groups in total. The number of rotatable bonds is 1. The van der Waals surface area contributed by atoms with E-state index >= 15 is 0 Å². The van der Waals surface area contributed by atoms with Crippen LogP contribution in [-0.2, 0) is 4.79 Å². The first-order valence-electron chi connectivity index (χ1n) is 4.53. The topological polar surface area (TPSA) is 52.6 Å². The molecule has 2 rings (SSSR count). The standard InChI is InChI=1S/C10H10N2O2S/c1-6-9(14)12(10(15)11-6)7-3-2-4-8(13)5-7/h2-6,13H,1H3,(H,11,15)/t6-/m0/s1. The Morgan fingerprint density at radius 1 is 1.53 bits per heavy atom. The number of anilines is 1. The predicted molar refractivity (Wildman–Crippen MR) is 60.8 cm³/mol. The number of hydrogen-bond donors (Lipinski definition) is 2. The van der Waals surface area contributed by atoms with Crippen LogP contribution in [0.5, 0.6) is 5.75 Å². The van der Waals surface area contributed by atoms with E-state index in [4.69, 9.17) is 12.2 Å². The van der Waals surface area contributed by atoms with Gasteiger partial charge in [-0.3, -0.25) is 9.69 Å². The monoisotopic (exact) mass is 222 g/mol. The molecule has 1 aromatic carbocycles. The molecule has 0 aliphatic carbocycles. The normalized spacial score (nSPS) is 20.6. The van der Waals surface area contributed by atoms with Crippen molar-refractivity contribution in [1.29, 1.82) is 0 Å². The lowest BCUT2D eigenvalue weighted by Crippen LogP contribution is -2.30. The van der Waals surface area contributed by atoms with Crippen molar-refractivity contribution in [3.05, 3.63) is 24.3 Å². The van der Waals surface area contributed by atoms with Gasteiger partial charge in [0, 0.05) is 6.07 Å². The van der Waals surface area contributed by atoms with Gasteiger partial charge in [0.1, 0.15) is 11.8 Å². The van der Waals surface area contributed by atoms with Crippen LogP contribution < -0.4 is 10.2 Å². The van der Waals surface area contributed by atoms with Crippen LogP contribution in [0.1, 0.15) is 6.92 Å². The molecule has 1 aliphatic heterocycles. The van der Waals surface area contributed by atoms with Crippen molar-refractivity contribution in [2.24, 2.45) is 0 Å².